The van der Waals surface area contributed by atoms with E-state index in [1.807, 2.05) is 4.82 Å². The van der Waals surface area contributed by atoms with Crippen LogP contribution >= 0.6 is 0 Å². The number of rotatable bonds is 9. The number of benzene rings is 2. The van der Waals surface area contributed by atoms with Crippen LogP contribution in [-0.4, -0.2) is 52.0 Å². The molecule has 0 saturated heterocycles. The summed E-state index contributed by atoms with van der Waals surface area (Å²) in [6.07, 6.45) is 10.2. The Kier molecular flexibility index (Phi) is 9.09. The van der Waals surface area contributed by atoms with Gasteiger partial charge in [-0.2, -0.15) is 0 Å². The minimum Gasteiger partial charge on any atom is -0.411 e. The molecule has 4 aliphatic carbocycles. The number of hydrogen-bond acceptors (Lipinski definition) is 1. The Morgan fingerprint density at radius 2 is 1.06 bits per heavy atom. The molecule has 0 aromatic heterocycles. The lowest BCUT2D eigenvalue weighted by molar-refractivity contribution is -0.0874. The van der Waals surface area contributed by atoms with Crippen molar-refractivity contribution in [1.82, 2.24) is 0 Å². The Labute approximate surface area is 294 Å². The molecule has 1 nitrogen and oxygen atoms in total. The molecule has 0 amide bonds. The van der Waals surface area contributed by atoms with Gasteiger partial charge in [0.2, 0.25) is 0 Å². The molecule has 47 heavy (non-hydrogen) atoms. The van der Waals surface area contributed by atoms with E-state index in [-0.39, 0.29) is 5.22 Å². The van der Waals surface area contributed by atoms with Crippen molar-refractivity contribution < 1.29 is 4.43 Å². The van der Waals surface area contributed by atoms with Crippen LogP contribution in [0.3, 0.4) is 0 Å². The van der Waals surface area contributed by atoms with Crippen molar-refractivity contribution in [2.24, 2.45) is 29.6 Å². The van der Waals surface area contributed by atoms with Gasteiger partial charge < -0.3 is 4.43 Å². The van der Waals surface area contributed by atoms with E-state index in [2.05, 4.69) is 158 Å². The highest BCUT2D eigenvalue weighted by molar-refractivity contribution is 7.71. The summed E-state index contributed by atoms with van der Waals surface area (Å²) in [5.41, 5.74) is 4.56. The molecule has 1 atom stereocenters. The van der Waals surface area contributed by atoms with Crippen molar-refractivity contribution in [3.63, 3.8) is 0 Å². The fraction of sp³-hybridized carbons (Fsp3) is 0.600. The van der Waals surface area contributed by atoms with Gasteiger partial charge in [-0.1, -0.05) is 173 Å². The largest absolute Gasteiger partial charge is 0.411 e. The fourth-order valence-electron chi connectivity index (χ4n) is 12.0. The molecule has 7 heteroatoms. The molecule has 4 saturated carbocycles. The van der Waals surface area contributed by atoms with Gasteiger partial charge in [0.25, 0.3) is 0 Å². The molecule has 5 aliphatic rings. The maximum absolute atomic E-state index is 8.91. The summed E-state index contributed by atoms with van der Waals surface area (Å²) in [7, 11) is -12.0. The Morgan fingerprint density at radius 3 is 1.49 bits per heavy atom. The first-order valence-corrected chi connectivity index (χ1v) is 39.4. The fourth-order valence-corrected chi connectivity index (χ4v) is 78.6. The van der Waals surface area contributed by atoms with E-state index in [1.54, 1.807) is 15.9 Å². The van der Waals surface area contributed by atoms with Gasteiger partial charge in [0.15, 0.2) is 7.35 Å². The van der Waals surface area contributed by atoms with Gasteiger partial charge >= 0.3 is 0 Å². The molecule has 2 aromatic rings. The van der Waals surface area contributed by atoms with Gasteiger partial charge in [-0.15, -0.1) is 0 Å². The van der Waals surface area contributed by atoms with E-state index in [9.17, 15) is 0 Å². The molecule has 1 aliphatic heterocycles. The lowest BCUT2D eigenvalue weighted by Gasteiger charge is -2.63. The third-order valence-corrected chi connectivity index (χ3v) is 61.4. The molecule has 0 N–H and O–H groups in total. The minimum absolute atomic E-state index is 0.0888. The van der Waals surface area contributed by atoms with Crippen LogP contribution in [0.4, 0.5) is 0 Å². The molecule has 1 heterocycles. The lowest BCUT2D eigenvalue weighted by atomic mass is 9.50. The predicted molar refractivity (Wildman–Crippen MR) is 223 cm³/mol. The van der Waals surface area contributed by atoms with Crippen LogP contribution < -0.4 is 10.4 Å². The smallest absolute Gasteiger partial charge is 0.190 e. The van der Waals surface area contributed by atoms with E-state index < -0.39 is 46.8 Å². The Morgan fingerprint density at radius 1 is 0.617 bits per heavy atom. The van der Waals surface area contributed by atoms with E-state index >= 15 is 0 Å². The average molecular weight is 731 g/mol. The van der Waals surface area contributed by atoms with Crippen molar-refractivity contribution in [1.29, 1.82) is 0 Å². The maximum Gasteiger partial charge on any atom is 0.190 e. The quantitative estimate of drug-likeness (QED) is 0.234. The second-order valence-corrected chi connectivity index (χ2v) is 60.6. The second kappa shape index (κ2) is 11.9. The third-order valence-electron chi connectivity index (χ3n) is 13.6. The van der Waals surface area contributed by atoms with E-state index in [0.29, 0.717) is 5.92 Å². The van der Waals surface area contributed by atoms with Gasteiger partial charge in [-0.3, -0.25) is 0 Å². The van der Waals surface area contributed by atoms with Crippen LogP contribution in [0.15, 0.2) is 82.8 Å². The van der Waals surface area contributed by atoms with E-state index in [4.69, 9.17) is 4.43 Å². The highest BCUT2D eigenvalue weighted by atomic mass is 29.7. The summed E-state index contributed by atoms with van der Waals surface area (Å²) >= 11 is 0. The molecule has 0 spiro atoms. The van der Waals surface area contributed by atoms with Crippen molar-refractivity contribution in [2.45, 2.75) is 122 Å². The molecule has 256 valence electrons. The first kappa shape index (κ1) is 36.0. The molecule has 2 aromatic carbocycles. The SMILES string of the molecule is C[Si](C)(/C=C/C1=C([Si](C)(C)c2ccccc2)[Si]([Si](C)(C)C)([Si](C)(C)C)OC1(C1C2CC3CC(C2)CC1C3)[Si](C)(C)C)c1ccccc1. The van der Waals surface area contributed by atoms with Crippen LogP contribution in [0.1, 0.15) is 32.1 Å². The third kappa shape index (κ3) is 5.64. The minimum atomic E-state index is -2.39. The normalized spacial score (nSPS) is 31.3. The van der Waals surface area contributed by atoms with Crippen LogP contribution in [0, 0.1) is 29.6 Å². The van der Waals surface area contributed by atoms with Crippen molar-refractivity contribution >= 4 is 57.1 Å². The van der Waals surface area contributed by atoms with Crippen LogP contribution in [-0.2, 0) is 4.43 Å². The summed E-state index contributed by atoms with van der Waals surface area (Å²) in [5.74, 6) is 4.34. The van der Waals surface area contributed by atoms with Gasteiger partial charge in [-0.25, -0.2) is 0 Å². The molecule has 4 fully saturated rings. The zero-order valence-electron chi connectivity index (χ0n) is 32.3. The molecular weight excluding hydrogens is 665 g/mol. The lowest BCUT2D eigenvalue weighted by Crippen LogP contribution is -2.79. The first-order chi connectivity index (χ1) is 21.7. The Balaban J connectivity index is 1.74. The number of hydrogen-bond donors (Lipinski definition) is 0. The monoisotopic (exact) mass is 730 g/mol. The van der Waals surface area contributed by atoms with Gasteiger partial charge in [-0.05, 0) is 67.3 Å². The van der Waals surface area contributed by atoms with Gasteiger partial charge in [0.1, 0.15) is 16.1 Å². The van der Waals surface area contributed by atoms with Crippen molar-refractivity contribution in [3.05, 3.63) is 82.8 Å². The molecule has 0 radical (unpaired) electrons. The Hall–Kier alpha value is -0.819. The summed E-state index contributed by atoms with van der Waals surface area (Å²) in [5, 5.41) is 3.08. The molecule has 7 rings (SSSR count). The maximum atomic E-state index is 8.91. The summed E-state index contributed by atoms with van der Waals surface area (Å²) in [4.78, 5) is 1.97. The molecular formula is C40H66OSi6. The van der Waals surface area contributed by atoms with E-state index in [1.165, 1.54) is 32.1 Å². The van der Waals surface area contributed by atoms with Crippen LogP contribution in [0.5, 0.6) is 0 Å². The average Bonchev–Trinajstić information content (AvgIpc) is 3.31. The zero-order valence-corrected chi connectivity index (χ0v) is 38.3. The standard InChI is InChI=1S/C40H66OSi6/c1-42(2,3)40(38-33-27-31-26-32(29-33)30-34(38)28-31)37(24-25-45(10,11)35-20-16-14-17-21-35)39(46(12,13)36-22-18-15-19-23-36)47(41-40,43(4,5)6)44(7,8)9/h14-25,31-34,38H,26-30H2,1-13H3/b25-24+. The first-order valence-electron chi connectivity index (χ1n) is 18.9. The van der Waals surface area contributed by atoms with Crippen molar-refractivity contribution in [2.75, 3.05) is 0 Å². The summed E-state index contributed by atoms with van der Waals surface area (Å²) in [6.45, 7) is 35.3. The van der Waals surface area contributed by atoms with Gasteiger partial charge in [0.05, 0.1) is 28.5 Å². The van der Waals surface area contributed by atoms with Crippen LogP contribution in [0.2, 0.25) is 85.1 Å². The molecule has 1 unspecified atom stereocenters. The molecule has 4 bridgehead atoms. The van der Waals surface area contributed by atoms with Crippen molar-refractivity contribution in [3.8, 4) is 0 Å². The summed E-state index contributed by atoms with van der Waals surface area (Å²) < 4.78 is 8.91. The highest BCUT2D eigenvalue weighted by Gasteiger charge is 2.74. The zero-order chi connectivity index (χ0) is 34.4. The Bertz CT molecular complexity index is 1480. The topological polar surface area (TPSA) is 9.23 Å². The second-order valence-electron chi connectivity index (χ2n) is 20.4. The van der Waals surface area contributed by atoms with Gasteiger partial charge in [0, 0.05) is 0 Å². The van der Waals surface area contributed by atoms with E-state index in [0.717, 1.165) is 23.7 Å². The predicted octanol–water partition coefficient (Wildman–Crippen LogP) is 10.2. The highest BCUT2D eigenvalue weighted by Crippen LogP contribution is 2.66. The summed E-state index contributed by atoms with van der Waals surface area (Å²) in [6, 6.07) is 23.3. The van der Waals surface area contributed by atoms with Crippen LogP contribution in [0.25, 0.3) is 0 Å².